The number of hydrogen-bond acceptors (Lipinski definition) is 4. The molecule has 0 radical (unpaired) electrons. The summed E-state index contributed by atoms with van der Waals surface area (Å²) in [5.74, 6) is -1.82. The van der Waals surface area contributed by atoms with E-state index in [1.165, 1.54) is 148 Å². The van der Waals surface area contributed by atoms with E-state index in [1.807, 2.05) is 0 Å². The summed E-state index contributed by atoms with van der Waals surface area (Å²) in [7, 11) is 0. The number of carbonyl (C=O) groups excluding carboxylic acids is 2. The molecule has 0 spiro atoms. The Bertz CT molecular complexity index is 536. The molecule has 0 aliphatic carbocycles. The van der Waals surface area contributed by atoms with Crippen molar-refractivity contribution >= 4 is 11.9 Å². The first-order valence-electron chi connectivity index (χ1n) is 17.6. The Kier molecular flexibility index (Phi) is 45.2. The summed E-state index contributed by atoms with van der Waals surface area (Å²) in [6.07, 6.45) is 40.8. The summed E-state index contributed by atoms with van der Waals surface area (Å²) in [4.78, 5) is 20.4. The Labute approximate surface area is 269 Å². The average Bonchev–Trinajstić information content (AvgIpc) is 2.93. The maximum atomic E-state index is 10.2. The van der Waals surface area contributed by atoms with Gasteiger partial charge in [-0.1, -0.05) is 167 Å². The Morgan fingerprint density at radius 1 is 0.390 bits per heavy atom. The third-order valence-corrected chi connectivity index (χ3v) is 7.63. The van der Waals surface area contributed by atoms with E-state index in [2.05, 4.69) is 26.0 Å². The number of allylic oxidation sites excluding steroid dienone is 2. The average molecular weight is 630 g/mol. The number of rotatable bonds is 31. The van der Waals surface area contributed by atoms with Gasteiger partial charge in [-0.15, -0.1) is 0 Å². The molecule has 0 aliphatic rings. The van der Waals surface area contributed by atoms with Gasteiger partial charge in [-0.2, -0.15) is 0 Å². The molecule has 41 heavy (non-hydrogen) atoms. The summed E-state index contributed by atoms with van der Waals surface area (Å²) in [5.41, 5.74) is 0. The fraction of sp³-hybridized carbons (Fsp3) is 0.889. The Morgan fingerprint density at radius 3 is 0.854 bits per heavy atom. The van der Waals surface area contributed by atoms with Crippen LogP contribution in [0.25, 0.3) is 0 Å². The second-order valence-corrected chi connectivity index (χ2v) is 11.8. The molecule has 0 aromatic rings. The third kappa shape index (κ3) is 49.3. The van der Waals surface area contributed by atoms with Gasteiger partial charge in [0.15, 0.2) is 0 Å². The molecule has 0 heterocycles. The van der Waals surface area contributed by atoms with Crippen molar-refractivity contribution in [2.24, 2.45) is 0 Å². The Balaban J connectivity index is -0.000000688. The number of aliphatic carboxylic acids is 2. The second kappa shape index (κ2) is 41.4. The minimum Gasteiger partial charge on any atom is -0.550 e. The van der Waals surface area contributed by atoms with E-state index < -0.39 is 11.9 Å². The first-order chi connectivity index (χ1) is 19.5. The fourth-order valence-electron chi connectivity index (χ4n) is 4.98. The van der Waals surface area contributed by atoms with Crippen molar-refractivity contribution in [3.05, 3.63) is 12.2 Å². The molecule has 0 aliphatic heterocycles. The van der Waals surface area contributed by atoms with Gasteiger partial charge >= 0.3 is 19.5 Å². The normalized spacial score (nSPS) is 10.8. The molecular weight excluding hydrogens is 562 g/mol. The van der Waals surface area contributed by atoms with Crippen LogP contribution in [-0.2, 0) is 29.1 Å². The third-order valence-electron chi connectivity index (χ3n) is 7.63. The van der Waals surface area contributed by atoms with Crippen LogP contribution in [0.1, 0.15) is 206 Å². The van der Waals surface area contributed by atoms with Gasteiger partial charge in [-0.25, -0.2) is 0 Å². The number of carboxylic acids is 2. The van der Waals surface area contributed by atoms with Gasteiger partial charge in [-0.3, -0.25) is 0 Å². The first-order valence-corrected chi connectivity index (χ1v) is 17.6. The molecule has 4 nitrogen and oxygen atoms in total. The second-order valence-electron chi connectivity index (χ2n) is 11.8. The zero-order valence-electron chi connectivity index (χ0n) is 27.7. The first kappa shape index (κ1) is 44.7. The van der Waals surface area contributed by atoms with E-state index in [9.17, 15) is 19.8 Å². The number of hydrogen-bond donors (Lipinski definition) is 0. The van der Waals surface area contributed by atoms with Crippen molar-refractivity contribution in [3.8, 4) is 0 Å². The van der Waals surface area contributed by atoms with E-state index in [4.69, 9.17) is 0 Å². The molecular formula is C36H68O4Zn. The molecule has 0 saturated heterocycles. The molecule has 5 heteroatoms. The van der Waals surface area contributed by atoms with Gasteiger partial charge in [0.1, 0.15) is 0 Å². The smallest absolute Gasteiger partial charge is 0.550 e. The molecule has 238 valence electrons. The number of carbonyl (C=O) groups is 2. The minimum absolute atomic E-state index is 0. The molecule has 0 atom stereocenters. The summed E-state index contributed by atoms with van der Waals surface area (Å²) in [5, 5.41) is 20.4. The summed E-state index contributed by atoms with van der Waals surface area (Å²) in [6, 6.07) is 0. The van der Waals surface area contributed by atoms with E-state index in [0.717, 1.165) is 32.1 Å². The zero-order valence-corrected chi connectivity index (χ0v) is 30.7. The van der Waals surface area contributed by atoms with Crippen molar-refractivity contribution < 1.29 is 39.3 Å². The molecule has 0 saturated carbocycles. The molecule has 0 amide bonds. The Hall–Kier alpha value is -0.697. The van der Waals surface area contributed by atoms with Crippen LogP contribution in [0, 0.1) is 0 Å². The zero-order chi connectivity index (χ0) is 29.8. The van der Waals surface area contributed by atoms with Crippen LogP contribution in [-0.4, -0.2) is 11.9 Å². The molecule has 0 bridgehead atoms. The molecule has 0 aromatic carbocycles. The number of carboxylic acid groups (broad SMARTS) is 2. The van der Waals surface area contributed by atoms with Crippen molar-refractivity contribution in [1.29, 1.82) is 0 Å². The minimum atomic E-state index is -0.914. The topological polar surface area (TPSA) is 80.3 Å². The summed E-state index contributed by atoms with van der Waals surface area (Å²) < 4.78 is 0. The molecule has 0 fully saturated rings. The maximum absolute atomic E-state index is 10.2. The van der Waals surface area contributed by atoms with E-state index in [-0.39, 0.29) is 32.3 Å². The monoisotopic (exact) mass is 628 g/mol. The largest absolute Gasteiger partial charge is 2.00 e. The quantitative estimate of drug-likeness (QED) is 0.0434. The van der Waals surface area contributed by atoms with Crippen molar-refractivity contribution in [2.75, 3.05) is 0 Å². The maximum Gasteiger partial charge on any atom is 2.00 e. The Morgan fingerprint density at radius 2 is 0.610 bits per heavy atom. The van der Waals surface area contributed by atoms with Crippen LogP contribution < -0.4 is 10.2 Å². The van der Waals surface area contributed by atoms with Gasteiger partial charge < -0.3 is 19.8 Å². The van der Waals surface area contributed by atoms with Gasteiger partial charge in [-0.05, 0) is 51.4 Å². The van der Waals surface area contributed by atoms with E-state index in [0.29, 0.717) is 0 Å². The molecule has 0 N–H and O–H groups in total. The van der Waals surface area contributed by atoms with Gasteiger partial charge in [0.05, 0.1) is 0 Å². The van der Waals surface area contributed by atoms with E-state index >= 15 is 0 Å². The van der Waals surface area contributed by atoms with Gasteiger partial charge in [0.2, 0.25) is 0 Å². The van der Waals surface area contributed by atoms with Crippen LogP contribution in [0.4, 0.5) is 0 Å². The standard InChI is InChI=1S/C18H36O2.C18H34O2.Zn/c2*1-2-3-4-5-6-7-8-9-10-11-12-13-14-15-16-17-18(19)20;/h2-17H2,1H3,(H,19,20);9-10H,2-8,11-17H2,1H3,(H,19,20);/q;;+2/p-2. The van der Waals surface area contributed by atoms with Crippen molar-refractivity contribution in [2.45, 2.75) is 206 Å². The number of unbranched alkanes of at least 4 members (excludes halogenated alkanes) is 25. The van der Waals surface area contributed by atoms with Gasteiger partial charge in [0.25, 0.3) is 0 Å². The van der Waals surface area contributed by atoms with Crippen LogP contribution in [0.2, 0.25) is 0 Å². The molecule has 0 unspecified atom stereocenters. The predicted molar refractivity (Wildman–Crippen MR) is 169 cm³/mol. The molecule has 0 rings (SSSR count). The van der Waals surface area contributed by atoms with Crippen LogP contribution in [0.3, 0.4) is 0 Å². The molecule has 0 aromatic heterocycles. The summed E-state index contributed by atoms with van der Waals surface area (Å²) >= 11 is 0. The van der Waals surface area contributed by atoms with Crippen LogP contribution >= 0.6 is 0 Å². The van der Waals surface area contributed by atoms with Crippen LogP contribution in [0.5, 0.6) is 0 Å². The van der Waals surface area contributed by atoms with Gasteiger partial charge in [0, 0.05) is 11.9 Å². The van der Waals surface area contributed by atoms with E-state index in [1.54, 1.807) is 0 Å². The van der Waals surface area contributed by atoms with Crippen molar-refractivity contribution in [1.82, 2.24) is 0 Å². The van der Waals surface area contributed by atoms with Crippen molar-refractivity contribution in [3.63, 3.8) is 0 Å². The predicted octanol–water partition coefficient (Wildman–Crippen LogP) is 9.77. The fourth-order valence-corrected chi connectivity index (χ4v) is 4.98. The SMILES string of the molecule is CCCCCCCCC=CCCCCCCCC(=O)[O-].CCCCCCCCCCCCCCCCCC(=O)[O-].[Zn+2]. The summed E-state index contributed by atoms with van der Waals surface area (Å²) in [6.45, 7) is 4.52. The van der Waals surface area contributed by atoms with Crippen LogP contribution in [0.15, 0.2) is 12.2 Å².